The van der Waals surface area contributed by atoms with Gasteiger partial charge in [0.1, 0.15) is 6.54 Å². The van der Waals surface area contributed by atoms with Crippen LogP contribution in [0.3, 0.4) is 0 Å². The molecular weight excluding hydrogens is 356 g/mol. The van der Waals surface area contributed by atoms with Crippen molar-refractivity contribution >= 4 is 38.4 Å². The first kappa shape index (κ1) is 18.3. The second kappa shape index (κ2) is 6.69. The normalized spacial score (nSPS) is 13.7. The zero-order valence-corrected chi connectivity index (χ0v) is 15.7. The Morgan fingerprint density at radius 3 is 2.46 bits per heavy atom. The minimum absolute atomic E-state index is 0.162. The number of carbonyl (C=O) groups is 2. The maximum atomic E-state index is 13.0. The van der Waals surface area contributed by atoms with Gasteiger partial charge in [0.2, 0.25) is 10.0 Å². The van der Waals surface area contributed by atoms with Gasteiger partial charge < -0.3 is 4.74 Å². The van der Waals surface area contributed by atoms with Crippen LogP contribution in [0.2, 0.25) is 0 Å². The van der Waals surface area contributed by atoms with Gasteiger partial charge >= 0.3 is 5.97 Å². The third-order valence-electron chi connectivity index (χ3n) is 4.58. The van der Waals surface area contributed by atoms with E-state index in [9.17, 15) is 18.0 Å². The van der Waals surface area contributed by atoms with E-state index in [0.717, 1.165) is 0 Å². The number of anilines is 1. The predicted octanol–water partition coefficient (Wildman–Crippen LogP) is 2.00. The average Bonchev–Trinajstić information content (AvgIpc) is 2.90. The summed E-state index contributed by atoms with van der Waals surface area (Å²) in [6, 6.07) is 8.06. The number of hydrogen-bond acceptors (Lipinski definition) is 5. The van der Waals surface area contributed by atoms with Crippen molar-refractivity contribution in [2.24, 2.45) is 0 Å². The molecule has 1 aliphatic rings. The molecule has 0 aromatic heterocycles. The van der Waals surface area contributed by atoms with E-state index in [4.69, 9.17) is 0 Å². The molecule has 1 aliphatic heterocycles. The monoisotopic (exact) mass is 376 g/mol. The lowest BCUT2D eigenvalue weighted by Gasteiger charge is -2.20. The van der Waals surface area contributed by atoms with Crippen LogP contribution in [0.15, 0.2) is 35.2 Å². The number of methoxy groups -OCH3 is 1. The van der Waals surface area contributed by atoms with E-state index in [1.807, 2.05) is 0 Å². The highest BCUT2D eigenvalue weighted by molar-refractivity contribution is 7.89. The summed E-state index contributed by atoms with van der Waals surface area (Å²) in [5.41, 5.74) is 0.905. The zero-order chi connectivity index (χ0) is 19.1. The molecule has 0 atom stereocenters. The lowest BCUT2D eigenvalue weighted by molar-refractivity contribution is -0.138. The summed E-state index contributed by atoms with van der Waals surface area (Å²) in [7, 11) is -2.43. The molecule has 1 heterocycles. The SMILES string of the molecule is CCN(CC)S(=O)(=O)c1ccc2c3c(cccc13)C(=O)N2CC(=O)OC. The Balaban J connectivity index is 2.23. The minimum Gasteiger partial charge on any atom is -0.468 e. The highest BCUT2D eigenvalue weighted by Gasteiger charge is 2.34. The van der Waals surface area contributed by atoms with Gasteiger partial charge in [0.15, 0.2) is 0 Å². The molecule has 2 aromatic rings. The molecular formula is C18H20N2O5S. The van der Waals surface area contributed by atoms with Crippen molar-refractivity contribution in [3.63, 3.8) is 0 Å². The van der Waals surface area contributed by atoms with Gasteiger partial charge in [-0.25, -0.2) is 8.42 Å². The molecule has 0 fully saturated rings. The Bertz CT molecular complexity index is 996. The van der Waals surface area contributed by atoms with Crippen LogP contribution in [0.1, 0.15) is 24.2 Å². The largest absolute Gasteiger partial charge is 0.468 e. The smallest absolute Gasteiger partial charge is 0.325 e. The number of benzene rings is 2. The van der Waals surface area contributed by atoms with E-state index >= 15 is 0 Å². The molecule has 0 saturated heterocycles. The molecule has 0 radical (unpaired) electrons. The zero-order valence-electron chi connectivity index (χ0n) is 14.9. The number of ether oxygens (including phenoxy) is 1. The van der Waals surface area contributed by atoms with Crippen molar-refractivity contribution in [2.45, 2.75) is 18.7 Å². The quantitative estimate of drug-likeness (QED) is 0.720. The number of sulfonamides is 1. The summed E-state index contributed by atoms with van der Waals surface area (Å²) in [6.45, 7) is 4.05. The molecule has 0 unspecified atom stereocenters. The summed E-state index contributed by atoms with van der Waals surface area (Å²) in [5.74, 6) is -0.882. The maximum Gasteiger partial charge on any atom is 0.325 e. The van der Waals surface area contributed by atoms with Crippen molar-refractivity contribution in [1.82, 2.24) is 4.31 Å². The predicted molar refractivity (Wildman–Crippen MR) is 97.7 cm³/mol. The van der Waals surface area contributed by atoms with Crippen LogP contribution >= 0.6 is 0 Å². The molecule has 138 valence electrons. The van der Waals surface area contributed by atoms with Crippen LogP contribution in [0.4, 0.5) is 5.69 Å². The average molecular weight is 376 g/mol. The second-order valence-corrected chi connectivity index (χ2v) is 7.77. The van der Waals surface area contributed by atoms with Crippen LogP contribution in [-0.2, 0) is 19.6 Å². The van der Waals surface area contributed by atoms with Crippen molar-refractivity contribution in [3.8, 4) is 0 Å². The molecule has 0 spiro atoms. The number of nitrogens with zero attached hydrogens (tertiary/aromatic N) is 2. The molecule has 2 aromatic carbocycles. The van der Waals surface area contributed by atoms with Gasteiger partial charge in [-0.05, 0) is 18.2 Å². The topological polar surface area (TPSA) is 84.0 Å². The van der Waals surface area contributed by atoms with E-state index < -0.39 is 16.0 Å². The fourth-order valence-electron chi connectivity index (χ4n) is 3.30. The number of amides is 1. The first-order chi connectivity index (χ1) is 12.4. The number of hydrogen-bond donors (Lipinski definition) is 0. The van der Waals surface area contributed by atoms with Crippen LogP contribution in [0.25, 0.3) is 10.8 Å². The van der Waals surface area contributed by atoms with Crippen molar-refractivity contribution in [3.05, 3.63) is 35.9 Å². The molecule has 0 saturated carbocycles. The second-order valence-electron chi connectivity index (χ2n) is 5.87. The van der Waals surface area contributed by atoms with Gasteiger partial charge in [-0.2, -0.15) is 4.31 Å². The van der Waals surface area contributed by atoms with Gasteiger partial charge in [-0.3, -0.25) is 14.5 Å². The fraction of sp³-hybridized carbons (Fsp3) is 0.333. The Kier molecular flexibility index (Phi) is 4.72. The van der Waals surface area contributed by atoms with Crippen molar-refractivity contribution in [2.75, 3.05) is 31.6 Å². The number of esters is 1. The van der Waals surface area contributed by atoms with Crippen molar-refractivity contribution < 1.29 is 22.7 Å². The highest BCUT2D eigenvalue weighted by Crippen LogP contribution is 2.40. The summed E-state index contributed by atoms with van der Waals surface area (Å²) >= 11 is 0. The molecule has 3 rings (SSSR count). The van der Waals surface area contributed by atoms with E-state index in [1.165, 1.54) is 22.4 Å². The summed E-state index contributed by atoms with van der Waals surface area (Å²) in [5, 5.41) is 1.03. The first-order valence-corrected chi connectivity index (χ1v) is 9.75. The summed E-state index contributed by atoms with van der Waals surface area (Å²) in [4.78, 5) is 25.8. The van der Waals surface area contributed by atoms with E-state index in [-0.39, 0.29) is 17.3 Å². The van der Waals surface area contributed by atoms with Gasteiger partial charge in [0, 0.05) is 29.4 Å². The standard InChI is InChI=1S/C18H20N2O5S/c1-4-19(5-2)26(23,24)15-10-9-14-17-12(15)7-6-8-13(17)18(22)20(14)11-16(21)25-3/h6-10H,4-5,11H2,1-3H3. The Morgan fingerprint density at radius 1 is 1.15 bits per heavy atom. The first-order valence-electron chi connectivity index (χ1n) is 8.31. The van der Waals surface area contributed by atoms with Gasteiger partial charge in [-0.1, -0.05) is 26.0 Å². The summed E-state index contributed by atoms with van der Waals surface area (Å²) in [6.07, 6.45) is 0. The molecule has 0 bridgehead atoms. The van der Waals surface area contributed by atoms with Gasteiger partial charge in [0.05, 0.1) is 17.7 Å². The number of rotatable bonds is 6. The molecule has 1 amide bonds. The Hall–Kier alpha value is -2.45. The third kappa shape index (κ3) is 2.65. The molecule has 26 heavy (non-hydrogen) atoms. The van der Waals surface area contributed by atoms with Gasteiger partial charge in [-0.15, -0.1) is 0 Å². The lowest BCUT2D eigenvalue weighted by atomic mass is 10.1. The highest BCUT2D eigenvalue weighted by atomic mass is 32.2. The minimum atomic E-state index is -3.68. The third-order valence-corrected chi connectivity index (χ3v) is 6.69. The Labute approximate surface area is 152 Å². The maximum absolute atomic E-state index is 13.0. The number of carbonyl (C=O) groups excluding carboxylic acids is 2. The molecule has 0 aliphatic carbocycles. The Morgan fingerprint density at radius 2 is 1.85 bits per heavy atom. The van der Waals surface area contributed by atoms with Crippen LogP contribution in [-0.4, -0.2) is 51.3 Å². The molecule has 0 N–H and O–H groups in total. The van der Waals surface area contributed by atoms with E-state index in [1.54, 1.807) is 38.1 Å². The van der Waals surface area contributed by atoms with Crippen LogP contribution in [0, 0.1) is 0 Å². The van der Waals surface area contributed by atoms with Gasteiger partial charge in [0.25, 0.3) is 5.91 Å². The van der Waals surface area contributed by atoms with Crippen LogP contribution in [0.5, 0.6) is 0 Å². The summed E-state index contributed by atoms with van der Waals surface area (Å²) < 4.78 is 32.0. The van der Waals surface area contributed by atoms with E-state index in [2.05, 4.69) is 4.74 Å². The molecule has 8 heteroatoms. The van der Waals surface area contributed by atoms with E-state index in [0.29, 0.717) is 35.1 Å². The lowest BCUT2D eigenvalue weighted by Crippen LogP contribution is -2.33. The molecule has 7 nitrogen and oxygen atoms in total. The van der Waals surface area contributed by atoms with Crippen LogP contribution < -0.4 is 4.90 Å². The van der Waals surface area contributed by atoms with Crippen molar-refractivity contribution in [1.29, 1.82) is 0 Å². The fourth-order valence-corrected chi connectivity index (χ4v) is 4.94.